The van der Waals surface area contributed by atoms with Crippen LogP contribution in [0.3, 0.4) is 0 Å². The van der Waals surface area contributed by atoms with Crippen LogP contribution in [-0.4, -0.2) is 47.1 Å². The van der Waals surface area contributed by atoms with E-state index in [0.29, 0.717) is 6.42 Å². The third-order valence-corrected chi connectivity index (χ3v) is 2.90. The van der Waals surface area contributed by atoms with Gasteiger partial charge >= 0.3 is 11.9 Å². The Hall–Kier alpha value is -2.41. The Kier molecular flexibility index (Phi) is 5.86. The van der Waals surface area contributed by atoms with Crippen LogP contribution in [0.15, 0.2) is 24.3 Å². The molecule has 1 aromatic carbocycles. The topological polar surface area (TPSA) is 113 Å². The second kappa shape index (κ2) is 7.39. The van der Waals surface area contributed by atoms with E-state index in [1.807, 2.05) is 0 Å². The predicted octanol–water partition coefficient (Wildman–Crippen LogP) is 0.323. The summed E-state index contributed by atoms with van der Waals surface area (Å²) in [7, 11) is 1.69. The summed E-state index contributed by atoms with van der Waals surface area (Å²) < 4.78 is 4.89. The van der Waals surface area contributed by atoms with E-state index in [4.69, 9.17) is 14.9 Å². The maximum atomic E-state index is 11.3. The minimum absolute atomic E-state index is 0.00893. The first-order valence-corrected chi connectivity index (χ1v) is 6.24. The Bertz CT molecular complexity index is 511. The average Bonchev–Trinajstić information content (AvgIpc) is 2.42. The third kappa shape index (κ3) is 4.88. The summed E-state index contributed by atoms with van der Waals surface area (Å²) in [5.41, 5.74) is 0.846. The molecular formula is C14H17NO6. The zero-order valence-electron chi connectivity index (χ0n) is 11.7. The van der Waals surface area contributed by atoms with E-state index in [0.717, 1.165) is 5.56 Å². The Labute approximate surface area is 121 Å². The molecule has 0 amide bonds. The van der Waals surface area contributed by atoms with Gasteiger partial charge in [-0.1, -0.05) is 12.1 Å². The van der Waals surface area contributed by atoms with Crippen molar-refractivity contribution in [3.63, 3.8) is 0 Å². The highest BCUT2D eigenvalue weighted by molar-refractivity contribution is 5.96. The molecule has 0 saturated heterocycles. The van der Waals surface area contributed by atoms with E-state index >= 15 is 0 Å². The van der Waals surface area contributed by atoms with E-state index in [1.54, 1.807) is 19.2 Å². The number of hydrogen-bond donors (Lipinski definition) is 3. The van der Waals surface area contributed by atoms with Crippen molar-refractivity contribution in [2.75, 3.05) is 7.05 Å². The lowest BCUT2D eigenvalue weighted by molar-refractivity contribution is -0.159. The maximum absolute atomic E-state index is 11.3. The van der Waals surface area contributed by atoms with Crippen molar-refractivity contribution in [3.05, 3.63) is 29.8 Å². The second-order valence-electron chi connectivity index (χ2n) is 4.47. The van der Waals surface area contributed by atoms with Crippen molar-refractivity contribution in [3.8, 4) is 5.75 Å². The van der Waals surface area contributed by atoms with Crippen LogP contribution in [0.4, 0.5) is 0 Å². The molecule has 0 radical (unpaired) electrons. The number of nitrogens with one attached hydrogen (secondary N) is 1. The van der Waals surface area contributed by atoms with Gasteiger partial charge in [0.1, 0.15) is 11.5 Å². The van der Waals surface area contributed by atoms with Crippen molar-refractivity contribution in [1.82, 2.24) is 5.32 Å². The quantitative estimate of drug-likeness (QED) is 0.592. The highest BCUT2D eigenvalue weighted by atomic mass is 16.5. The van der Waals surface area contributed by atoms with Gasteiger partial charge in [0.15, 0.2) is 0 Å². The van der Waals surface area contributed by atoms with Crippen LogP contribution in [0, 0.1) is 0 Å². The normalized spacial score (nSPS) is 12.0. The fourth-order valence-corrected chi connectivity index (χ4v) is 1.73. The lowest BCUT2D eigenvalue weighted by Crippen LogP contribution is -2.35. The number of carboxylic acids is 2. The molecule has 0 unspecified atom stereocenters. The summed E-state index contributed by atoms with van der Waals surface area (Å²) >= 11 is 0. The molecular weight excluding hydrogens is 278 g/mol. The number of benzene rings is 1. The number of hydrogen-bond acceptors (Lipinski definition) is 5. The van der Waals surface area contributed by atoms with E-state index in [-0.39, 0.29) is 17.6 Å². The predicted molar refractivity (Wildman–Crippen MR) is 73.4 cm³/mol. The summed E-state index contributed by atoms with van der Waals surface area (Å²) in [4.78, 5) is 32.8. The molecule has 0 saturated carbocycles. The van der Waals surface area contributed by atoms with Gasteiger partial charge in [-0.05, 0) is 38.1 Å². The van der Waals surface area contributed by atoms with Crippen molar-refractivity contribution < 1.29 is 29.3 Å². The summed E-state index contributed by atoms with van der Waals surface area (Å²) in [6.07, 6.45) is -1.47. The molecule has 0 aliphatic rings. The van der Waals surface area contributed by atoms with Crippen molar-refractivity contribution in [2.24, 2.45) is 0 Å². The molecule has 1 rings (SSSR count). The smallest absolute Gasteiger partial charge is 0.356 e. The number of carboxylic acid groups (broad SMARTS) is 2. The lowest BCUT2D eigenvalue weighted by atomic mass is 10.0. The van der Waals surface area contributed by atoms with Crippen LogP contribution in [0.5, 0.6) is 5.75 Å². The van der Waals surface area contributed by atoms with Gasteiger partial charge in [-0.15, -0.1) is 0 Å². The zero-order valence-corrected chi connectivity index (χ0v) is 11.7. The molecule has 0 aromatic heterocycles. The molecule has 1 atom stereocenters. The van der Waals surface area contributed by atoms with Crippen LogP contribution < -0.4 is 10.1 Å². The van der Waals surface area contributed by atoms with E-state index in [2.05, 4.69) is 5.32 Å². The van der Waals surface area contributed by atoms with Gasteiger partial charge < -0.3 is 20.3 Å². The van der Waals surface area contributed by atoms with Gasteiger partial charge in [-0.25, -0.2) is 9.59 Å². The number of likely N-dealkylation sites (N-methyl/N-ethyl adjacent to an activating group) is 1. The zero-order chi connectivity index (χ0) is 16.0. The van der Waals surface area contributed by atoms with Gasteiger partial charge in [0.25, 0.3) is 6.10 Å². The van der Waals surface area contributed by atoms with Crippen molar-refractivity contribution in [1.29, 1.82) is 0 Å². The number of Topliss-reactive ketones (excluding diaryl/α,β-unsaturated/α-hetero) is 1. The van der Waals surface area contributed by atoms with E-state index in [1.165, 1.54) is 19.1 Å². The summed E-state index contributed by atoms with van der Waals surface area (Å²) in [6.45, 7) is 1.49. The first-order valence-electron chi connectivity index (χ1n) is 6.24. The lowest BCUT2D eigenvalue weighted by Gasteiger charge is -2.14. The SMILES string of the molecule is CN[C@@H](Cc1ccc(OC(C(=O)O)C(=O)O)cc1)C(C)=O. The molecule has 21 heavy (non-hydrogen) atoms. The molecule has 0 fully saturated rings. The van der Waals surface area contributed by atoms with Gasteiger partial charge in [-0.2, -0.15) is 0 Å². The minimum Gasteiger partial charge on any atom is -0.478 e. The minimum atomic E-state index is -1.95. The molecule has 0 spiro atoms. The van der Waals surface area contributed by atoms with Gasteiger partial charge in [0.05, 0.1) is 6.04 Å². The molecule has 1 aromatic rings. The van der Waals surface area contributed by atoms with Gasteiger partial charge in [0.2, 0.25) is 0 Å². The number of carbonyl (C=O) groups excluding carboxylic acids is 1. The molecule has 7 nitrogen and oxygen atoms in total. The third-order valence-electron chi connectivity index (χ3n) is 2.90. The Balaban J connectivity index is 2.76. The maximum Gasteiger partial charge on any atom is 0.356 e. The molecule has 0 bridgehead atoms. The standard InChI is InChI=1S/C14H17NO6/c1-8(16)11(15-2)7-9-3-5-10(6-4-9)21-12(13(17)18)14(19)20/h3-6,11-12,15H,7H2,1-2H3,(H,17,18)(H,19,20)/t11-/m0/s1. The van der Waals surface area contributed by atoms with Crippen LogP contribution in [0.1, 0.15) is 12.5 Å². The van der Waals surface area contributed by atoms with Gasteiger partial charge in [-0.3, -0.25) is 4.79 Å². The average molecular weight is 295 g/mol. The molecule has 3 N–H and O–H groups in total. The highest BCUT2D eigenvalue weighted by Gasteiger charge is 2.27. The van der Waals surface area contributed by atoms with E-state index < -0.39 is 18.0 Å². The fourth-order valence-electron chi connectivity index (χ4n) is 1.73. The molecule has 0 heterocycles. The van der Waals surface area contributed by atoms with Crippen LogP contribution in [-0.2, 0) is 20.8 Å². The van der Waals surface area contributed by atoms with Crippen LogP contribution in [0.2, 0.25) is 0 Å². The number of rotatable bonds is 8. The van der Waals surface area contributed by atoms with Crippen LogP contribution in [0.25, 0.3) is 0 Å². The molecule has 7 heteroatoms. The number of carbonyl (C=O) groups is 3. The molecule has 0 aliphatic carbocycles. The number of aliphatic carboxylic acids is 2. The first kappa shape index (κ1) is 16.6. The number of ether oxygens (including phenoxy) is 1. The summed E-state index contributed by atoms with van der Waals surface area (Å²) in [5.74, 6) is -3.00. The largest absolute Gasteiger partial charge is 0.478 e. The van der Waals surface area contributed by atoms with Gasteiger partial charge in [0, 0.05) is 0 Å². The summed E-state index contributed by atoms with van der Waals surface area (Å²) in [5, 5.41) is 20.3. The second-order valence-corrected chi connectivity index (χ2v) is 4.47. The van der Waals surface area contributed by atoms with Crippen molar-refractivity contribution in [2.45, 2.75) is 25.5 Å². The monoisotopic (exact) mass is 295 g/mol. The number of ketones is 1. The van der Waals surface area contributed by atoms with Crippen LogP contribution >= 0.6 is 0 Å². The Morgan fingerprint density at radius 1 is 1.14 bits per heavy atom. The fraction of sp³-hybridized carbons (Fsp3) is 0.357. The van der Waals surface area contributed by atoms with Crippen molar-refractivity contribution >= 4 is 17.7 Å². The molecule has 114 valence electrons. The molecule has 0 aliphatic heterocycles. The first-order chi connectivity index (χ1) is 9.85. The summed E-state index contributed by atoms with van der Waals surface area (Å²) in [6, 6.07) is 5.96. The van der Waals surface area contributed by atoms with E-state index in [9.17, 15) is 14.4 Å². The Morgan fingerprint density at radius 3 is 2.05 bits per heavy atom. The Morgan fingerprint density at radius 2 is 1.67 bits per heavy atom. The highest BCUT2D eigenvalue weighted by Crippen LogP contribution is 2.15.